The summed E-state index contributed by atoms with van der Waals surface area (Å²) >= 11 is 0. The van der Waals surface area contributed by atoms with Gasteiger partial charge < -0.3 is 43.7 Å². The second-order valence-corrected chi connectivity index (χ2v) is 26.3. The molecular formula is C53H77F5O15. The summed E-state index contributed by atoms with van der Waals surface area (Å²) in [5, 5.41) is 31.1. The first kappa shape index (κ1) is 57.1. The van der Waals surface area contributed by atoms with Crippen molar-refractivity contribution in [2.75, 3.05) is 46.2 Å². The third-order valence-corrected chi connectivity index (χ3v) is 17.7. The molecule has 0 aromatic carbocycles. The van der Waals surface area contributed by atoms with Gasteiger partial charge in [0.2, 0.25) is 11.3 Å². The van der Waals surface area contributed by atoms with E-state index in [1.54, 1.807) is 0 Å². The molecule has 12 saturated carbocycles. The first-order valence-corrected chi connectivity index (χ1v) is 26.1. The number of carbonyl (C=O) groups excluding carboxylic acids is 6. The third-order valence-electron chi connectivity index (χ3n) is 17.7. The Labute approximate surface area is 424 Å². The van der Waals surface area contributed by atoms with E-state index < -0.39 is 89.8 Å². The standard InChI is InChI=1S/C18H25F3O5.C18H27FO5.C17H25FO5/c1-15(2,18(19,20)21)14(23)25-8-13(22)26-10-16-4-11-3-12(5-16)7-17(24,6-11)9-16;1-16(2,19)15(22)23-8-14(21)24-11-18-6-12-3-13(7-18)5-17(4-12,9-18)10-20;1-15(2,18)14(20)22-8-13(19)23-10-16-4-11-3-12(5-16)7-17(21,6-11)9-16/h11-12,24H,3-10H2,1-2H3;12-13,20H,3-11H2,1-2H3;11-12,21H,3-10H2,1-2H3. The molecular weight excluding hydrogens is 972 g/mol. The van der Waals surface area contributed by atoms with Crippen molar-refractivity contribution in [3.63, 3.8) is 0 Å². The molecule has 12 aliphatic rings. The van der Waals surface area contributed by atoms with E-state index in [4.69, 9.17) is 14.2 Å². The number of carbonyl (C=O) groups is 6. The average Bonchev–Trinajstić information content (AvgIpc) is 3.24. The predicted octanol–water partition coefficient (Wildman–Crippen LogP) is 7.54. The maximum Gasteiger partial charge on any atom is 0.404 e. The smallest absolute Gasteiger partial charge is 0.404 e. The van der Waals surface area contributed by atoms with Crippen molar-refractivity contribution in [2.45, 2.75) is 186 Å². The molecule has 414 valence electrons. The van der Waals surface area contributed by atoms with Crippen LogP contribution in [0.2, 0.25) is 0 Å². The van der Waals surface area contributed by atoms with Gasteiger partial charge in [-0.1, -0.05) is 0 Å². The van der Waals surface area contributed by atoms with Crippen molar-refractivity contribution in [3.8, 4) is 0 Å². The number of ether oxygens (including phenoxy) is 6. The van der Waals surface area contributed by atoms with Crippen LogP contribution < -0.4 is 0 Å². The zero-order chi connectivity index (χ0) is 53.8. The summed E-state index contributed by atoms with van der Waals surface area (Å²) in [7, 11) is 0. The molecule has 12 bridgehead atoms. The highest BCUT2D eigenvalue weighted by Gasteiger charge is 2.61. The number of aliphatic hydroxyl groups excluding tert-OH is 1. The van der Waals surface area contributed by atoms with Gasteiger partial charge in [-0.3, -0.25) is 4.79 Å². The Kier molecular flexibility index (Phi) is 15.9. The normalized spacial score (nSPS) is 37.2. The third kappa shape index (κ3) is 13.5. The van der Waals surface area contributed by atoms with Gasteiger partial charge in [-0.25, -0.2) is 32.8 Å². The molecule has 15 nitrogen and oxygen atoms in total. The fourth-order valence-electron chi connectivity index (χ4n) is 16.0. The SMILES string of the molecule is CC(C)(C(=O)OCC(=O)OCC12CC3CC(CC(O)(C3)C1)C2)C(F)(F)F.CC(C)(F)C(=O)OCC(=O)OCC12CC3CC(CC(CO)(C3)C1)C2.CC(C)(F)C(=O)OCC(=O)OCC12CC3CC(CC(O)(C3)C1)C2. The van der Waals surface area contributed by atoms with Crippen LogP contribution in [0.15, 0.2) is 0 Å². The van der Waals surface area contributed by atoms with E-state index in [-0.39, 0.29) is 41.5 Å². The van der Waals surface area contributed by atoms with Gasteiger partial charge in [-0.2, -0.15) is 13.2 Å². The second kappa shape index (κ2) is 20.4. The van der Waals surface area contributed by atoms with E-state index in [1.807, 2.05) is 0 Å². The van der Waals surface area contributed by atoms with Gasteiger partial charge in [0.1, 0.15) is 0 Å². The molecule has 6 unspecified atom stereocenters. The Balaban J connectivity index is 0.000000161. The summed E-state index contributed by atoms with van der Waals surface area (Å²) in [4.78, 5) is 69.7. The van der Waals surface area contributed by atoms with Gasteiger partial charge in [0.15, 0.2) is 25.2 Å². The highest BCUT2D eigenvalue weighted by molar-refractivity contribution is 5.82. The van der Waals surface area contributed by atoms with Gasteiger partial charge >= 0.3 is 42.0 Å². The van der Waals surface area contributed by atoms with E-state index in [0.29, 0.717) is 68.8 Å². The summed E-state index contributed by atoms with van der Waals surface area (Å²) in [5.41, 5.74) is -8.65. The van der Waals surface area contributed by atoms with Gasteiger partial charge in [0.25, 0.3) is 0 Å². The summed E-state index contributed by atoms with van der Waals surface area (Å²) in [5.74, 6) is -2.67. The maximum absolute atomic E-state index is 13.4. The van der Waals surface area contributed by atoms with Gasteiger partial charge in [0.05, 0.1) is 31.0 Å². The summed E-state index contributed by atoms with van der Waals surface area (Å²) < 4.78 is 94.6. The number of hydrogen-bond donors (Lipinski definition) is 3. The van der Waals surface area contributed by atoms with Crippen molar-refractivity contribution in [1.29, 1.82) is 0 Å². The predicted molar refractivity (Wildman–Crippen MR) is 247 cm³/mol. The minimum Gasteiger partial charge on any atom is -0.463 e. The zero-order valence-corrected chi connectivity index (χ0v) is 43.3. The van der Waals surface area contributed by atoms with Crippen LogP contribution in [0.5, 0.6) is 0 Å². The van der Waals surface area contributed by atoms with Crippen LogP contribution in [0.25, 0.3) is 0 Å². The van der Waals surface area contributed by atoms with Gasteiger partial charge in [0, 0.05) is 22.9 Å². The monoisotopic (exact) mass is 1050 g/mol. The Morgan fingerprint density at radius 1 is 0.425 bits per heavy atom. The van der Waals surface area contributed by atoms with E-state index in [0.717, 1.165) is 118 Å². The molecule has 12 rings (SSSR count). The van der Waals surface area contributed by atoms with Crippen molar-refractivity contribution in [3.05, 3.63) is 0 Å². The lowest BCUT2D eigenvalue weighted by atomic mass is 9.44. The Hall–Kier alpha value is -3.65. The summed E-state index contributed by atoms with van der Waals surface area (Å²) in [6.07, 6.45) is 12.2. The first-order chi connectivity index (χ1) is 33.6. The van der Waals surface area contributed by atoms with Crippen molar-refractivity contribution >= 4 is 35.8 Å². The summed E-state index contributed by atoms with van der Waals surface area (Å²) in [6, 6.07) is 0. The van der Waals surface area contributed by atoms with E-state index >= 15 is 0 Å². The van der Waals surface area contributed by atoms with E-state index in [1.165, 1.54) is 12.8 Å². The van der Waals surface area contributed by atoms with E-state index in [9.17, 15) is 66.0 Å². The highest BCUT2D eigenvalue weighted by Crippen LogP contribution is 2.66. The molecule has 12 fully saturated rings. The van der Waals surface area contributed by atoms with Crippen LogP contribution in [0.4, 0.5) is 22.0 Å². The Morgan fingerprint density at radius 2 is 0.699 bits per heavy atom. The number of aliphatic hydroxyl groups is 3. The zero-order valence-electron chi connectivity index (χ0n) is 43.3. The number of hydrogen-bond acceptors (Lipinski definition) is 15. The molecule has 3 N–H and O–H groups in total. The minimum absolute atomic E-state index is 0.00120. The number of halogens is 5. The largest absolute Gasteiger partial charge is 0.463 e. The van der Waals surface area contributed by atoms with Crippen LogP contribution in [0, 0.1) is 62.6 Å². The molecule has 6 atom stereocenters. The molecule has 0 amide bonds. The molecule has 0 spiro atoms. The van der Waals surface area contributed by atoms with Gasteiger partial charge in [-0.05, 0) is 198 Å². The molecule has 73 heavy (non-hydrogen) atoms. The Bertz CT molecular complexity index is 2050. The molecule has 0 saturated heterocycles. The van der Waals surface area contributed by atoms with Gasteiger partial charge in [-0.15, -0.1) is 0 Å². The van der Waals surface area contributed by atoms with Crippen molar-refractivity contribution in [2.24, 2.45) is 62.6 Å². The van der Waals surface area contributed by atoms with Crippen LogP contribution in [0.3, 0.4) is 0 Å². The second-order valence-electron chi connectivity index (χ2n) is 26.3. The Morgan fingerprint density at radius 3 is 0.973 bits per heavy atom. The lowest BCUT2D eigenvalue weighted by Crippen LogP contribution is -2.57. The molecule has 0 heterocycles. The molecule has 20 heteroatoms. The molecule has 0 aromatic heterocycles. The lowest BCUT2D eigenvalue weighted by Gasteiger charge is -2.61. The molecule has 12 aliphatic carbocycles. The topological polar surface area (TPSA) is 218 Å². The molecule has 0 aliphatic heterocycles. The maximum atomic E-state index is 13.4. The molecule has 0 aromatic rings. The number of alkyl halides is 5. The quantitative estimate of drug-likeness (QED) is 0.0773. The van der Waals surface area contributed by atoms with Crippen LogP contribution in [-0.2, 0) is 57.2 Å². The van der Waals surface area contributed by atoms with Crippen LogP contribution >= 0.6 is 0 Å². The first-order valence-electron chi connectivity index (χ1n) is 26.1. The van der Waals surface area contributed by atoms with E-state index in [2.05, 4.69) is 14.2 Å². The van der Waals surface area contributed by atoms with Crippen LogP contribution in [0.1, 0.15) is 157 Å². The fraction of sp³-hybridized carbons (Fsp3) is 0.887. The van der Waals surface area contributed by atoms with Crippen molar-refractivity contribution < 1.29 is 94.5 Å². The van der Waals surface area contributed by atoms with Crippen LogP contribution in [-0.4, -0.2) is 126 Å². The number of rotatable bonds is 16. The number of esters is 6. The summed E-state index contributed by atoms with van der Waals surface area (Å²) in [6.45, 7) is 4.65. The highest BCUT2D eigenvalue weighted by atomic mass is 19.4. The minimum atomic E-state index is -4.76. The van der Waals surface area contributed by atoms with Crippen molar-refractivity contribution in [1.82, 2.24) is 0 Å². The average molecular weight is 1050 g/mol. The lowest BCUT2D eigenvalue weighted by molar-refractivity contribution is -0.226. The molecule has 0 radical (unpaired) electrons. The fourth-order valence-corrected chi connectivity index (χ4v) is 16.0.